The summed E-state index contributed by atoms with van der Waals surface area (Å²) in [7, 11) is 0. The lowest BCUT2D eigenvalue weighted by atomic mass is 9.95. The summed E-state index contributed by atoms with van der Waals surface area (Å²) in [4.78, 5) is 0. The molecule has 1 heteroatoms. The van der Waals surface area contributed by atoms with Crippen molar-refractivity contribution in [2.24, 2.45) is 0 Å². The van der Waals surface area contributed by atoms with Gasteiger partial charge in [-0.05, 0) is 33.9 Å². The van der Waals surface area contributed by atoms with Crippen LogP contribution in [0.4, 0.5) is 4.39 Å². The van der Waals surface area contributed by atoms with Crippen LogP contribution in [0.5, 0.6) is 0 Å². The zero-order chi connectivity index (χ0) is 13.5. The topological polar surface area (TPSA) is 0 Å². The average Bonchev–Trinajstić information content (AvgIpc) is 2.86. The Morgan fingerprint density at radius 2 is 1.15 bits per heavy atom. The highest BCUT2D eigenvalue weighted by atomic mass is 19.1. The van der Waals surface area contributed by atoms with Gasteiger partial charge in [0.1, 0.15) is 5.82 Å². The zero-order valence-electron chi connectivity index (χ0n) is 10.8. The van der Waals surface area contributed by atoms with E-state index in [1.54, 1.807) is 6.07 Å². The summed E-state index contributed by atoms with van der Waals surface area (Å²) in [6, 6.07) is 21.3. The highest BCUT2D eigenvalue weighted by molar-refractivity contribution is 5.88. The molecule has 0 aromatic heterocycles. The maximum Gasteiger partial charge on any atom is 0.131 e. The summed E-state index contributed by atoms with van der Waals surface area (Å²) in [6.45, 7) is 0. The van der Waals surface area contributed by atoms with E-state index in [-0.39, 0.29) is 5.82 Å². The van der Waals surface area contributed by atoms with Crippen molar-refractivity contribution in [3.8, 4) is 22.3 Å². The predicted molar refractivity (Wildman–Crippen MR) is 79.8 cm³/mol. The van der Waals surface area contributed by atoms with Crippen LogP contribution in [0.3, 0.4) is 0 Å². The molecule has 1 aliphatic carbocycles. The summed E-state index contributed by atoms with van der Waals surface area (Å²) in [5, 5.41) is 0. The van der Waals surface area contributed by atoms with Crippen LogP contribution in [0.1, 0.15) is 11.1 Å². The van der Waals surface area contributed by atoms with Crippen molar-refractivity contribution in [2.75, 3.05) is 0 Å². The van der Waals surface area contributed by atoms with Crippen molar-refractivity contribution in [1.82, 2.24) is 0 Å². The van der Waals surface area contributed by atoms with Gasteiger partial charge in [0.2, 0.25) is 0 Å². The van der Waals surface area contributed by atoms with E-state index in [1.165, 1.54) is 22.8 Å². The monoisotopic (exact) mass is 259 g/mol. The highest BCUT2D eigenvalue weighted by Gasteiger charge is 2.22. The van der Waals surface area contributed by atoms with Gasteiger partial charge < -0.3 is 0 Å². The van der Waals surface area contributed by atoms with Gasteiger partial charge in [-0.2, -0.15) is 0 Å². The lowest BCUT2D eigenvalue weighted by molar-refractivity contribution is 0.631. The fourth-order valence-corrected chi connectivity index (χ4v) is 2.89. The summed E-state index contributed by atoms with van der Waals surface area (Å²) in [5.74, 6) is -0.176. The van der Waals surface area contributed by atoms with E-state index in [2.05, 4.69) is 24.6 Å². The summed E-state index contributed by atoms with van der Waals surface area (Å²) in [5.41, 5.74) is 6.33. The number of hydrogen-bond acceptors (Lipinski definition) is 0. The minimum absolute atomic E-state index is 0.176. The molecule has 0 saturated heterocycles. The molecule has 0 heterocycles. The quantitative estimate of drug-likeness (QED) is 0.447. The maximum atomic E-state index is 14.1. The van der Waals surface area contributed by atoms with Gasteiger partial charge in [0.05, 0.1) is 0 Å². The van der Waals surface area contributed by atoms with Crippen molar-refractivity contribution in [1.29, 1.82) is 0 Å². The minimum Gasteiger partial charge on any atom is -0.206 e. The van der Waals surface area contributed by atoms with E-state index >= 15 is 0 Å². The third-order valence-electron chi connectivity index (χ3n) is 3.82. The zero-order valence-corrected chi connectivity index (χ0v) is 10.8. The Hall–Kier alpha value is -2.41. The first-order valence-electron chi connectivity index (χ1n) is 6.67. The molecule has 0 N–H and O–H groups in total. The molecule has 0 amide bonds. The highest BCUT2D eigenvalue weighted by Crippen LogP contribution is 2.42. The van der Waals surface area contributed by atoms with Crippen LogP contribution in [0.2, 0.25) is 0 Å². The van der Waals surface area contributed by atoms with Gasteiger partial charge >= 0.3 is 0 Å². The predicted octanol–water partition coefficient (Wildman–Crippen LogP) is 5.07. The van der Waals surface area contributed by atoms with E-state index in [4.69, 9.17) is 0 Å². The van der Waals surface area contributed by atoms with Gasteiger partial charge in [-0.3, -0.25) is 0 Å². The Bertz CT molecular complexity index is 802. The molecule has 95 valence electrons. The molecule has 0 aliphatic heterocycles. The SMILES string of the molecule is Fc1ccccc1-c1cccc2c1[CH]c1ccccc1-2. The van der Waals surface area contributed by atoms with Crippen molar-refractivity contribution in [2.45, 2.75) is 0 Å². The molecule has 0 nitrogen and oxygen atoms in total. The van der Waals surface area contributed by atoms with Crippen LogP contribution in [-0.2, 0) is 0 Å². The number of hydrogen-bond donors (Lipinski definition) is 0. The lowest BCUT2D eigenvalue weighted by Gasteiger charge is -2.09. The third-order valence-corrected chi connectivity index (χ3v) is 3.82. The molecule has 0 saturated carbocycles. The van der Waals surface area contributed by atoms with Gasteiger partial charge in [0.25, 0.3) is 0 Å². The number of benzene rings is 3. The van der Waals surface area contributed by atoms with E-state index in [1.807, 2.05) is 36.4 Å². The van der Waals surface area contributed by atoms with Crippen LogP contribution in [-0.4, -0.2) is 0 Å². The van der Waals surface area contributed by atoms with Gasteiger partial charge in [-0.1, -0.05) is 60.7 Å². The van der Waals surface area contributed by atoms with Crippen LogP contribution < -0.4 is 0 Å². The Balaban J connectivity index is 1.97. The Labute approximate surface area is 117 Å². The molecule has 0 atom stereocenters. The number of fused-ring (bicyclic) bond motifs is 3. The first-order valence-corrected chi connectivity index (χ1v) is 6.67. The molecule has 0 fully saturated rings. The molecule has 3 aromatic carbocycles. The molecular weight excluding hydrogens is 247 g/mol. The van der Waals surface area contributed by atoms with Crippen molar-refractivity contribution >= 4 is 0 Å². The van der Waals surface area contributed by atoms with Crippen LogP contribution >= 0.6 is 0 Å². The van der Waals surface area contributed by atoms with E-state index in [9.17, 15) is 4.39 Å². The Morgan fingerprint density at radius 1 is 0.550 bits per heavy atom. The van der Waals surface area contributed by atoms with Gasteiger partial charge in [0.15, 0.2) is 0 Å². The van der Waals surface area contributed by atoms with Crippen LogP contribution in [0.15, 0.2) is 66.7 Å². The molecule has 1 radical (unpaired) electrons. The molecule has 0 unspecified atom stereocenters. The molecule has 20 heavy (non-hydrogen) atoms. The molecule has 0 spiro atoms. The molecule has 3 aromatic rings. The van der Waals surface area contributed by atoms with E-state index < -0.39 is 0 Å². The summed E-state index contributed by atoms with van der Waals surface area (Å²) in [6.07, 6.45) is 2.15. The summed E-state index contributed by atoms with van der Waals surface area (Å²) < 4.78 is 14.1. The molecule has 1 aliphatic rings. The lowest BCUT2D eigenvalue weighted by Crippen LogP contribution is -1.89. The maximum absolute atomic E-state index is 14.1. The van der Waals surface area contributed by atoms with Gasteiger partial charge in [-0.15, -0.1) is 0 Å². The second-order valence-electron chi connectivity index (χ2n) is 4.98. The normalized spacial score (nSPS) is 12.1. The second kappa shape index (κ2) is 4.31. The standard InChI is InChI=1S/C19H12F/c20-19-11-4-3-8-17(19)16-10-5-9-15-14-7-2-1-6-13(14)12-18(15)16/h1-12H. The van der Waals surface area contributed by atoms with Crippen molar-refractivity contribution in [3.05, 3.63) is 90.1 Å². The molecule has 0 bridgehead atoms. The van der Waals surface area contributed by atoms with Gasteiger partial charge in [-0.25, -0.2) is 4.39 Å². The van der Waals surface area contributed by atoms with Crippen molar-refractivity contribution < 1.29 is 4.39 Å². The molecule has 4 rings (SSSR count). The Morgan fingerprint density at radius 3 is 1.95 bits per heavy atom. The third kappa shape index (κ3) is 1.60. The first-order chi connectivity index (χ1) is 9.84. The Kier molecular flexibility index (Phi) is 2.46. The minimum atomic E-state index is -0.176. The fourth-order valence-electron chi connectivity index (χ4n) is 2.89. The van der Waals surface area contributed by atoms with Crippen LogP contribution in [0, 0.1) is 12.2 Å². The van der Waals surface area contributed by atoms with Crippen molar-refractivity contribution in [3.63, 3.8) is 0 Å². The first kappa shape index (κ1) is 11.4. The number of halogens is 1. The largest absolute Gasteiger partial charge is 0.206 e. The summed E-state index contributed by atoms with van der Waals surface area (Å²) >= 11 is 0. The number of rotatable bonds is 1. The van der Waals surface area contributed by atoms with E-state index in [0.717, 1.165) is 11.1 Å². The average molecular weight is 259 g/mol. The van der Waals surface area contributed by atoms with E-state index in [0.29, 0.717) is 5.56 Å². The fraction of sp³-hybridized carbons (Fsp3) is 0. The van der Waals surface area contributed by atoms with Gasteiger partial charge in [0, 0.05) is 12.0 Å². The smallest absolute Gasteiger partial charge is 0.131 e. The van der Waals surface area contributed by atoms with Crippen LogP contribution in [0.25, 0.3) is 22.3 Å². The second-order valence-corrected chi connectivity index (χ2v) is 4.98. The molecular formula is C19H12F.